The lowest BCUT2D eigenvalue weighted by Crippen LogP contribution is -2.27. The first-order valence-corrected chi connectivity index (χ1v) is 9.54. The van der Waals surface area contributed by atoms with Crippen LogP contribution in [0.4, 0.5) is 5.69 Å². The molecule has 0 heterocycles. The molecule has 0 aliphatic heterocycles. The summed E-state index contributed by atoms with van der Waals surface area (Å²) in [5, 5.41) is 5.66. The first-order valence-electron chi connectivity index (χ1n) is 9.54. The number of rotatable bonds is 7. The van der Waals surface area contributed by atoms with Crippen molar-refractivity contribution in [1.29, 1.82) is 0 Å². The minimum absolute atomic E-state index is 0.257. The maximum atomic E-state index is 12.6. The second kappa shape index (κ2) is 10.0. The number of ether oxygens (including phenoxy) is 1. The second-order valence-corrected chi connectivity index (χ2v) is 6.61. The first kappa shape index (κ1) is 20.8. The highest BCUT2D eigenvalue weighted by Gasteiger charge is 2.14. The van der Waals surface area contributed by atoms with Gasteiger partial charge in [0.15, 0.2) is 0 Å². The number of hydrogen-bond acceptors (Lipinski definition) is 4. The fourth-order valence-corrected chi connectivity index (χ4v) is 2.89. The number of hydrogen-bond donors (Lipinski definition) is 2. The van der Waals surface area contributed by atoms with Gasteiger partial charge in [-0.3, -0.25) is 14.4 Å². The van der Waals surface area contributed by atoms with Gasteiger partial charge in [0.1, 0.15) is 5.75 Å². The normalized spacial score (nSPS) is 10.2. The zero-order valence-corrected chi connectivity index (χ0v) is 16.6. The van der Waals surface area contributed by atoms with Crippen molar-refractivity contribution in [3.8, 4) is 5.75 Å². The minimum atomic E-state index is -0.431. The molecule has 0 radical (unpaired) electrons. The van der Waals surface area contributed by atoms with E-state index >= 15 is 0 Å². The van der Waals surface area contributed by atoms with Crippen molar-refractivity contribution in [2.45, 2.75) is 13.3 Å². The molecule has 0 aliphatic carbocycles. The van der Waals surface area contributed by atoms with E-state index in [2.05, 4.69) is 10.6 Å². The third-order valence-corrected chi connectivity index (χ3v) is 4.34. The van der Waals surface area contributed by atoms with Crippen molar-refractivity contribution in [2.24, 2.45) is 0 Å². The number of para-hydroxylation sites is 1. The topological polar surface area (TPSA) is 84.5 Å². The number of esters is 1. The van der Waals surface area contributed by atoms with Crippen LogP contribution in [0, 0.1) is 0 Å². The van der Waals surface area contributed by atoms with Crippen molar-refractivity contribution in [3.05, 3.63) is 95.6 Å². The van der Waals surface area contributed by atoms with Crippen LogP contribution < -0.4 is 15.4 Å². The van der Waals surface area contributed by atoms with Crippen molar-refractivity contribution < 1.29 is 19.1 Å². The largest absolute Gasteiger partial charge is 0.427 e. The van der Waals surface area contributed by atoms with Gasteiger partial charge in [0, 0.05) is 19.0 Å². The van der Waals surface area contributed by atoms with E-state index in [4.69, 9.17) is 4.74 Å². The molecule has 0 unspecified atom stereocenters. The molecule has 2 N–H and O–H groups in total. The van der Waals surface area contributed by atoms with Crippen LogP contribution in [0.2, 0.25) is 0 Å². The molecule has 6 heteroatoms. The standard InChI is InChI=1S/C24H22N2O4/c1-17(27)30-20-13-11-19(12-14-20)23(28)26-22-10-6-5-9-21(22)24(29)25-16-15-18-7-3-2-4-8-18/h2-14H,15-16H2,1H3,(H,25,29)(H,26,28). The number of amides is 2. The molecule has 0 saturated heterocycles. The lowest BCUT2D eigenvalue weighted by molar-refractivity contribution is -0.131. The molecule has 2 amide bonds. The fraction of sp³-hybridized carbons (Fsp3) is 0.125. The third-order valence-electron chi connectivity index (χ3n) is 4.34. The number of carbonyl (C=O) groups excluding carboxylic acids is 3. The second-order valence-electron chi connectivity index (χ2n) is 6.61. The molecule has 0 aliphatic rings. The SMILES string of the molecule is CC(=O)Oc1ccc(C(=O)Nc2ccccc2C(=O)NCCc2ccccc2)cc1. The van der Waals surface area contributed by atoms with Gasteiger partial charge >= 0.3 is 5.97 Å². The quantitative estimate of drug-likeness (QED) is 0.465. The summed E-state index contributed by atoms with van der Waals surface area (Å²) in [6, 6.07) is 22.9. The smallest absolute Gasteiger partial charge is 0.308 e. The van der Waals surface area contributed by atoms with Crippen LogP contribution >= 0.6 is 0 Å². The Kier molecular flexibility index (Phi) is 6.95. The van der Waals surface area contributed by atoms with Crippen LogP contribution in [0.5, 0.6) is 5.75 Å². The van der Waals surface area contributed by atoms with E-state index in [9.17, 15) is 14.4 Å². The molecule has 0 spiro atoms. The van der Waals surface area contributed by atoms with Gasteiger partial charge in [-0.25, -0.2) is 0 Å². The monoisotopic (exact) mass is 402 g/mol. The Hall–Kier alpha value is -3.93. The Morgan fingerprint density at radius 3 is 2.17 bits per heavy atom. The van der Waals surface area contributed by atoms with Gasteiger partial charge in [-0.1, -0.05) is 42.5 Å². The molecule has 0 fully saturated rings. The average Bonchev–Trinajstić information content (AvgIpc) is 2.75. The molecule has 0 aromatic heterocycles. The summed E-state index contributed by atoms with van der Waals surface area (Å²) in [4.78, 5) is 36.2. The summed E-state index contributed by atoms with van der Waals surface area (Å²) in [6.07, 6.45) is 0.718. The molecule has 30 heavy (non-hydrogen) atoms. The Labute approximate surface area is 174 Å². The number of nitrogens with one attached hydrogen (secondary N) is 2. The van der Waals surface area contributed by atoms with Gasteiger partial charge in [-0.05, 0) is 48.4 Å². The lowest BCUT2D eigenvalue weighted by Gasteiger charge is -2.12. The highest BCUT2D eigenvalue weighted by molar-refractivity contribution is 6.09. The van der Waals surface area contributed by atoms with E-state index in [0.717, 1.165) is 12.0 Å². The summed E-state index contributed by atoms with van der Waals surface area (Å²) < 4.78 is 4.96. The summed E-state index contributed by atoms with van der Waals surface area (Å²) in [5.41, 5.74) is 2.32. The summed E-state index contributed by atoms with van der Waals surface area (Å²) in [5.74, 6) is -0.697. The van der Waals surface area contributed by atoms with E-state index in [1.807, 2.05) is 30.3 Å². The molecular formula is C24H22N2O4. The maximum Gasteiger partial charge on any atom is 0.308 e. The number of anilines is 1. The number of benzene rings is 3. The molecule has 3 rings (SSSR count). The number of carbonyl (C=O) groups is 3. The van der Waals surface area contributed by atoms with Gasteiger partial charge in [0.25, 0.3) is 11.8 Å². The van der Waals surface area contributed by atoms with Gasteiger partial charge in [-0.2, -0.15) is 0 Å². The Morgan fingerprint density at radius 2 is 1.47 bits per heavy atom. The van der Waals surface area contributed by atoms with Crippen molar-refractivity contribution in [3.63, 3.8) is 0 Å². The van der Waals surface area contributed by atoms with Crippen LogP contribution in [0.3, 0.4) is 0 Å². The van der Waals surface area contributed by atoms with Crippen LogP contribution in [0.1, 0.15) is 33.2 Å². The van der Waals surface area contributed by atoms with E-state index in [1.54, 1.807) is 48.5 Å². The minimum Gasteiger partial charge on any atom is -0.427 e. The summed E-state index contributed by atoms with van der Waals surface area (Å²) >= 11 is 0. The van der Waals surface area contributed by atoms with Gasteiger partial charge < -0.3 is 15.4 Å². The Bertz CT molecular complexity index is 1030. The Morgan fingerprint density at radius 1 is 0.800 bits per heavy atom. The van der Waals surface area contributed by atoms with Crippen LogP contribution in [0.15, 0.2) is 78.9 Å². The predicted molar refractivity (Wildman–Crippen MR) is 115 cm³/mol. The summed E-state index contributed by atoms with van der Waals surface area (Å²) in [7, 11) is 0. The average molecular weight is 402 g/mol. The van der Waals surface area contributed by atoms with E-state index < -0.39 is 5.97 Å². The molecule has 3 aromatic rings. The van der Waals surface area contributed by atoms with E-state index in [1.165, 1.54) is 6.92 Å². The first-order chi connectivity index (χ1) is 14.5. The van der Waals surface area contributed by atoms with E-state index in [-0.39, 0.29) is 11.8 Å². The van der Waals surface area contributed by atoms with Gasteiger partial charge in [0.05, 0.1) is 11.3 Å². The van der Waals surface area contributed by atoms with Crippen molar-refractivity contribution >= 4 is 23.5 Å². The Balaban J connectivity index is 1.63. The van der Waals surface area contributed by atoms with Gasteiger partial charge in [0.2, 0.25) is 0 Å². The predicted octanol–water partition coefficient (Wildman–Crippen LogP) is 3.84. The van der Waals surface area contributed by atoms with Crippen LogP contribution in [0.25, 0.3) is 0 Å². The molecule has 152 valence electrons. The zero-order valence-electron chi connectivity index (χ0n) is 16.6. The fourth-order valence-electron chi connectivity index (χ4n) is 2.89. The highest BCUT2D eigenvalue weighted by atomic mass is 16.5. The maximum absolute atomic E-state index is 12.6. The van der Waals surface area contributed by atoms with Crippen molar-refractivity contribution in [2.75, 3.05) is 11.9 Å². The molecule has 6 nitrogen and oxygen atoms in total. The van der Waals surface area contributed by atoms with Gasteiger partial charge in [-0.15, -0.1) is 0 Å². The molecule has 0 saturated carbocycles. The summed E-state index contributed by atoms with van der Waals surface area (Å²) in [6.45, 7) is 1.80. The molecular weight excluding hydrogens is 380 g/mol. The van der Waals surface area contributed by atoms with Crippen LogP contribution in [-0.4, -0.2) is 24.3 Å². The van der Waals surface area contributed by atoms with Crippen molar-refractivity contribution in [1.82, 2.24) is 5.32 Å². The highest BCUT2D eigenvalue weighted by Crippen LogP contribution is 2.18. The lowest BCUT2D eigenvalue weighted by atomic mass is 10.1. The van der Waals surface area contributed by atoms with E-state index in [0.29, 0.717) is 29.1 Å². The zero-order chi connectivity index (χ0) is 21.3. The molecule has 3 aromatic carbocycles. The third kappa shape index (κ3) is 5.78. The van der Waals surface area contributed by atoms with Crippen LogP contribution in [-0.2, 0) is 11.2 Å². The molecule has 0 bridgehead atoms. The molecule has 0 atom stereocenters.